The molecule has 0 radical (unpaired) electrons. The molecule has 3 N–H and O–H groups in total. The summed E-state index contributed by atoms with van der Waals surface area (Å²) >= 11 is 0. The first kappa shape index (κ1) is 15.1. The Balaban J connectivity index is 1.76. The number of carbonyl (C=O) groups is 1. The first-order valence-corrected chi connectivity index (χ1v) is 9.01. The first-order valence-electron chi connectivity index (χ1n) is 7.19. The number of benzene rings is 1. The number of carboxylic acid groups (broad SMARTS) is 1. The monoisotopic (exact) mass is 322 g/mol. The lowest BCUT2D eigenvalue weighted by atomic mass is 10.0. The minimum absolute atomic E-state index is 0.0185. The third-order valence-electron chi connectivity index (χ3n) is 4.07. The predicted octanol–water partition coefficient (Wildman–Crippen LogP) is 0.940. The van der Waals surface area contributed by atoms with Crippen molar-refractivity contribution in [2.75, 3.05) is 11.5 Å². The molecule has 0 amide bonds. The van der Waals surface area contributed by atoms with Crippen molar-refractivity contribution in [2.45, 2.75) is 24.9 Å². The van der Waals surface area contributed by atoms with Gasteiger partial charge in [-0.05, 0) is 18.1 Å². The van der Waals surface area contributed by atoms with E-state index in [0.29, 0.717) is 12.8 Å². The van der Waals surface area contributed by atoms with Gasteiger partial charge < -0.3 is 15.4 Å². The summed E-state index contributed by atoms with van der Waals surface area (Å²) < 4.78 is 23.0. The minimum Gasteiger partial charge on any atom is -0.480 e. The zero-order valence-corrected chi connectivity index (χ0v) is 12.8. The summed E-state index contributed by atoms with van der Waals surface area (Å²) in [6, 6.07) is 6.63. The number of hydrogen-bond donors (Lipinski definition) is 3. The van der Waals surface area contributed by atoms with Gasteiger partial charge in [-0.25, -0.2) is 8.42 Å². The van der Waals surface area contributed by atoms with E-state index in [4.69, 9.17) is 0 Å². The van der Waals surface area contributed by atoms with Crippen LogP contribution in [0.25, 0.3) is 10.9 Å². The van der Waals surface area contributed by atoms with E-state index in [-0.39, 0.29) is 17.5 Å². The molecule has 1 aliphatic heterocycles. The lowest BCUT2D eigenvalue weighted by Gasteiger charge is -2.18. The highest BCUT2D eigenvalue weighted by Crippen LogP contribution is 2.20. The van der Waals surface area contributed by atoms with Gasteiger partial charge in [0.15, 0.2) is 9.84 Å². The molecule has 0 saturated carbocycles. The molecular formula is C15H18N2O4S. The van der Waals surface area contributed by atoms with E-state index in [9.17, 15) is 18.3 Å². The Morgan fingerprint density at radius 1 is 1.41 bits per heavy atom. The molecule has 3 rings (SSSR count). The summed E-state index contributed by atoms with van der Waals surface area (Å²) in [5.41, 5.74) is 1.88. The summed E-state index contributed by atoms with van der Waals surface area (Å²) in [6.07, 6.45) is 2.60. The lowest BCUT2D eigenvalue weighted by Crippen LogP contribution is -2.45. The molecule has 0 aliphatic carbocycles. The molecule has 1 aliphatic rings. The van der Waals surface area contributed by atoms with Crippen LogP contribution < -0.4 is 5.32 Å². The van der Waals surface area contributed by atoms with Gasteiger partial charge in [0.2, 0.25) is 0 Å². The van der Waals surface area contributed by atoms with Crippen LogP contribution in [0.2, 0.25) is 0 Å². The van der Waals surface area contributed by atoms with Crippen molar-refractivity contribution in [1.29, 1.82) is 0 Å². The number of fused-ring (bicyclic) bond motifs is 1. The van der Waals surface area contributed by atoms with E-state index in [1.807, 2.05) is 30.5 Å². The van der Waals surface area contributed by atoms with Crippen molar-refractivity contribution in [2.24, 2.45) is 0 Å². The third-order valence-corrected chi connectivity index (χ3v) is 5.83. The molecule has 118 valence electrons. The fraction of sp³-hybridized carbons (Fsp3) is 0.400. The number of para-hydroxylation sites is 1. The maximum absolute atomic E-state index is 11.5. The zero-order valence-electron chi connectivity index (χ0n) is 12.0. The molecular weight excluding hydrogens is 304 g/mol. The Hall–Kier alpha value is -1.86. The number of carboxylic acids is 1. The maximum Gasteiger partial charge on any atom is 0.321 e. The number of rotatable bonds is 5. The zero-order chi connectivity index (χ0) is 15.7. The molecule has 1 saturated heterocycles. The van der Waals surface area contributed by atoms with Crippen LogP contribution in [-0.2, 0) is 21.1 Å². The van der Waals surface area contributed by atoms with Crippen LogP contribution in [0.3, 0.4) is 0 Å². The highest BCUT2D eigenvalue weighted by atomic mass is 32.2. The van der Waals surface area contributed by atoms with Crippen LogP contribution >= 0.6 is 0 Å². The Labute approximate surface area is 128 Å². The van der Waals surface area contributed by atoms with E-state index in [2.05, 4.69) is 10.3 Å². The smallest absolute Gasteiger partial charge is 0.321 e. The summed E-state index contributed by atoms with van der Waals surface area (Å²) in [4.78, 5) is 14.6. The van der Waals surface area contributed by atoms with E-state index < -0.39 is 21.8 Å². The number of aliphatic carboxylic acids is 1. The van der Waals surface area contributed by atoms with Crippen LogP contribution in [0.5, 0.6) is 0 Å². The van der Waals surface area contributed by atoms with Crippen molar-refractivity contribution in [3.05, 3.63) is 36.0 Å². The van der Waals surface area contributed by atoms with Crippen LogP contribution in [0, 0.1) is 0 Å². The van der Waals surface area contributed by atoms with Gasteiger partial charge in [0.05, 0.1) is 11.5 Å². The van der Waals surface area contributed by atoms with Crippen LogP contribution in [-0.4, -0.2) is 48.1 Å². The number of H-pyrrole nitrogens is 1. The molecule has 2 aromatic rings. The number of aromatic amines is 1. The van der Waals surface area contributed by atoms with Crippen LogP contribution in [0.4, 0.5) is 0 Å². The van der Waals surface area contributed by atoms with E-state index in [0.717, 1.165) is 16.5 Å². The highest BCUT2D eigenvalue weighted by molar-refractivity contribution is 7.91. The molecule has 0 bridgehead atoms. The van der Waals surface area contributed by atoms with Gasteiger partial charge in [-0.15, -0.1) is 0 Å². The standard InChI is InChI=1S/C15H18N2O4S/c18-15(19)14(17-11-5-6-22(20,21)9-11)7-10-8-16-13-4-2-1-3-12(10)13/h1-4,8,11,14,16-17H,5-7,9H2,(H,18,19). The molecule has 0 spiro atoms. The SMILES string of the molecule is O=C(O)C(Cc1c[nH]c2ccccc12)NC1CCS(=O)(=O)C1. The molecule has 2 atom stereocenters. The average molecular weight is 322 g/mol. The molecule has 2 heterocycles. The molecule has 22 heavy (non-hydrogen) atoms. The quantitative estimate of drug-likeness (QED) is 0.761. The van der Waals surface area contributed by atoms with E-state index in [1.54, 1.807) is 0 Å². The van der Waals surface area contributed by atoms with Gasteiger partial charge in [-0.3, -0.25) is 4.79 Å². The Bertz CT molecular complexity index is 797. The molecule has 1 aromatic carbocycles. The van der Waals surface area contributed by atoms with Gasteiger partial charge in [-0.2, -0.15) is 0 Å². The number of aromatic nitrogens is 1. The normalized spacial score (nSPS) is 21.9. The molecule has 6 nitrogen and oxygen atoms in total. The third kappa shape index (κ3) is 3.15. The topological polar surface area (TPSA) is 99.3 Å². The fourth-order valence-corrected chi connectivity index (χ4v) is 4.64. The molecule has 1 aromatic heterocycles. The average Bonchev–Trinajstić information content (AvgIpc) is 3.02. The minimum atomic E-state index is -3.03. The predicted molar refractivity (Wildman–Crippen MR) is 83.6 cm³/mol. The number of hydrogen-bond acceptors (Lipinski definition) is 4. The summed E-state index contributed by atoms with van der Waals surface area (Å²) in [6.45, 7) is 0. The second kappa shape index (κ2) is 5.73. The van der Waals surface area contributed by atoms with Crippen molar-refractivity contribution in [3.8, 4) is 0 Å². The largest absolute Gasteiger partial charge is 0.480 e. The Kier molecular flexibility index (Phi) is 3.92. The summed E-state index contributed by atoms with van der Waals surface area (Å²) in [5, 5.41) is 13.4. The van der Waals surface area contributed by atoms with Crippen molar-refractivity contribution >= 4 is 26.7 Å². The molecule has 2 unspecified atom stereocenters. The van der Waals surface area contributed by atoms with Gasteiger partial charge in [0.25, 0.3) is 0 Å². The number of sulfone groups is 1. The van der Waals surface area contributed by atoms with Gasteiger partial charge >= 0.3 is 5.97 Å². The van der Waals surface area contributed by atoms with Crippen LogP contribution in [0.1, 0.15) is 12.0 Å². The van der Waals surface area contributed by atoms with Crippen molar-refractivity contribution in [1.82, 2.24) is 10.3 Å². The second-order valence-corrected chi connectivity index (χ2v) is 7.95. The van der Waals surface area contributed by atoms with E-state index in [1.165, 1.54) is 0 Å². The lowest BCUT2D eigenvalue weighted by molar-refractivity contribution is -0.139. The Morgan fingerprint density at radius 2 is 2.18 bits per heavy atom. The van der Waals surface area contributed by atoms with Crippen LogP contribution in [0.15, 0.2) is 30.5 Å². The molecule has 1 fully saturated rings. The maximum atomic E-state index is 11.5. The highest BCUT2D eigenvalue weighted by Gasteiger charge is 2.31. The number of nitrogens with one attached hydrogen (secondary N) is 2. The van der Waals surface area contributed by atoms with Crippen molar-refractivity contribution in [3.63, 3.8) is 0 Å². The fourth-order valence-electron chi connectivity index (χ4n) is 2.95. The van der Waals surface area contributed by atoms with Gasteiger partial charge in [0, 0.05) is 29.6 Å². The molecule has 7 heteroatoms. The van der Waals surface area contributed by atoms with E-state index >= 15 is 0 Å². The van der Waals surface area contributed by atoms with Crippen molar-refractivity contribution < 1.29 is 18.3 Å². The van der Waals surface area contributed by atoms with Gasteiger partial charge in [0.1, 0.15) is 6.04 Å². The van der Waals surface area contributed by atoms with Gasteiger partial charge in [-0.1, -0.05) is 18.2 Å². The first-order chi connectivity index (χ1) is 10.4. The Morgan fingerprint density at radius 3 is 2.86 bits per heavy atom. The summed E-state index contributed by atoms with van der Waals surface area (Å²) in [5.74, 6) is -0.816. The second-order valence-electron chi connectivity index (χ2n) is 5.72. The summed E-state index contributed by atoms with van der Waals surface area (Å²) in [7, 11) is -3.03.